The lowest BCUT2D eigenvalue weighted by atomic mass is 10.1. The van der Waals surface area contributed by atoms with Gasteiger partial charge in [-0.2, -0.15) is 5.10 Å². The molecule has 2 heterocycles. The molecule has 0 unspecified atom stereocenters. The van der Waals surface area contributed by atoms with Crippen LogP contribution in [0.25, 0.3) is 5.82 Å². The topological polar surface area (TPSA) is 56.7 Å². The summed E-state index contributed by atoms with van der Waals surface area (Å²) >= 11 is 3.50. The van der Waals surface area contributed by atoms with E-state index in [1.54, 1.807) is 6.20 Å². The van der Waals surface area contributed by atoms with Crippen LogP contribution in [0.15, 0.2) is 22.8 Å². The van der Waals surface area contributed by atoms with Gasteiger partial charge in [0, 0.05) is 12.2 Å². The van der Waals surface area contributed by atoms with Gasteiger partial charge < -0.3 is 5.73 Å². The fourth-order valence-corrected chi connectivity index (χ4v) is 1.89. The van der Waals surface area contributed by atoms with Crippen LogP contribution in [-0.2, 0) is 0 Å². The van der Waals surface area contributed by atoms with Crippen molar-refractivity contribution in [3.05, 3.63) is 39.8 Å². The summed E-state index contributed by atoms with van der Waals surface area (Å²) in [5.41, 5.74) is 8.82. The van der Waals surface area contributed by atoms with Crippen LogP contribution in [-0.4, -0.2) is 14.8 Å². The van der Waals surface area contributed by atoms with E-state index >= 15 is 0 Å². The minimum Gasteiger partial charge on any atom is -0.324 e. The first-order valence-electron chi connectivity index (χ1n) is 5.44. The Hall–Kier alpha value is -1.20. The van der Waals surface area contributed by atoms with Crippen molar-refractivity contribution in [2.75, 3.05) is 0 Å². The zero-order valence-electron chi connectivity index (χ0n) is 10.1. The highest BCUT2D eigenvalue weighted by molar-refractivity contribution is 9.10. The molecule has 0 saturated heterocycles. The number of hydrogen-bond acceptors (Lipinski definition) is 3. The number of halogens is 1. The monoisotopic (exact) mass is 294 g/mol. The predicted octanol–water partition coefficient (Wildman–Crippen LogP) is 2.67. The zero-order valence-corrected chi connectivity index (χ0v) is 11.7. The number of hydrogen-bond donors (Lipinski definition) is 1. The van der Waals surface area contributed by atoms with Crippen LogP contribution in [0.5, 0.6) is 0 Å². The van der Waals surface area contributed by atoms with Gasteiger partial charge in [-0.3, -0.25) is 0 Å². The summed E-state index contributed by atoms with van der Waals surface area (Å²) < 4.78 is 2.85. The van der Waals surface area contributed by atoms with Gasteiger partial charge in [-0.25, -0.2) is 9.67 Å². The Bertz CT molecular complexity index is 528. The first kappa shape index (κ1) is 12.3. The van der Waals surface area contributed by atoms with Crippen LogP contribution in [0.2, 0.25) is 0 Å². The number of pyridine rings is 1. The first-order chi connectivity index (χ1) is 8.00. The summed E-state index contributed by atoms with van der Waals surface area (Å²) in [6, 6.07) is 3.92. The summed E-state index contributed by atoms with van der Waals surface area (Å²) in [4.78, 5) is 4.39. The molecule has 2 N–H and O–H groups in total. The largest absolute Gasteiger partial charge is 0.324 e. The van der Waals surface area contributed by atoms with E-state index in [4.69, 9.17) is 5.73 Å². The molecular formula is C12H15BrN4. The molecule has 5 heteroatoms. The van der Waals surface area contributed by atoms with Gasteiger partial charge in [0.25, 0.3) is 0 Å². The molecule has 0 aromatic carbocycles. The molecule has 0 fully saturated rings. The fourth-order valence-electron chi connectivity index (χ4n) is 1.64. The summed E-state index contributed by atoms with van der Waals surface area (Å²) in [5, 5.41) is 4.43. The van der Waals surface area contributed by atoms with Crippen LogP contribution in [0.1, 0.15) is 29.9 Å². The van der Waals surface area contributed by atoms with E-state index in [0.717, 1.165) is 27.2 Å². The van der Waals surface area contributed by atoms with Crippen molar-refractivity contribution >= 4 is 15.9 Å². The van der Waals surface area contributed by atoms with Gasteiger partial charge in [0.15, 0.2) is 5.82 Å². The Labute approximate surface area is 109 Å². The lowest BCUT2D eigenvalue weighted by Crippen LogP contribution is -2.07. The van der Waals surface area contributed by atoms with Gasteiger partial charge in [-0.15, -0.1) is 0 Å². The van der Waals surface area contributed by atoms with Crippen LogP contribution in [0.4, 0.5) is 0 Å². The second-order valence-electron chi connectivity index (χ2n) is 4.14. The molecule has 0 saturated carbocycles. The third-order valence-electron chi connectivity index (χ3n) is 2.72. The number of rotatable bonds is 2. The lowest BCUT2D eigenvalue weighted by molar-refractivity contribution is 0.783. The standard InChI is InChI=1S/C12H15BrN4/c1-7(14)10-4-5-11(15-6-10)17-9(3)12(13)8(2)16-17/h4-7H,14H2,1-3H3/t7-/m0/s1. The lowest BCUT2D eigenvalue weighted by Gasteiger charge is -2.07. The molecule has 0 aliphatic rings. The van der Waals surface area contributed by atoms with Gasteiger partial charge in [-0.1, -0.05) is 6.07 Å². The van der Waals surface area contributed by atoms with E-state index in [1.807, 2.05) is 37.6 Å². The Morgan fingerprint density at radius 1 is 1.35 bits per heavy atom. The van der Waals surface area contributed by atoms with E-state index in [0.29, 0.717) is 0 Å². The van der Waals surface area contributed by atoms with Crippen molar-refractivity contribution in [2.45, 2.75) is 26.8 Å². The smallest absolute Gasteiger partial charge is 0.153 e. The quantitative estimate of drug-likeness (QED) is 0.926. The number of aryl methyl sites for hydroxylation is 1. The van der Waals surface area contributed by atoms with Crippen molar-refractivity contribution in [3.8, 4) is 5.82 Å². The van der Waals surface area contributed by atoms with Gasteiger partial charge in [0.1, 0.15) is 0 Å². The van der Waals surface area contributed by atoms with E-state index in [1.165, 1.54) is 0 Å². The van der Waals surface area contributed by atoms with E-state index < -0.39 is 0 Å². The Morgan fingerprint density at radius 3 is 2.47 bits per heavy atom. The Kier molecular flexibility index (Phi) is 3.31. The van der Waals surface area contributed by atoms with Gasteiger partial charge in [0.05, 0.1) is 15.9 Å². The summed E-state index contributed by atoms with van der Waals surface area (Å²) in [6.45, 7) is 5.91. The van der Waals surface area contributed by atoms with E-state index in [2.05, 4.69) is 26.0 Å². The van der Waals surface area contributed by atoms with Crippen molar-refractivity contribution in [2.24, 2.45) is 5.73 Å². The summed E-state index contributed by atoms with van der Waals surface area (Å²) in [7, 11) is 0. The molecule has 1 atom stereocenters. The second-order valence-corrected chi connectivity index (χ2v) is 4.93. The molecule has 0 bridgehead atoms. The molecule has 0 aliphatic carbocycles. The molecule has 0 spiro atoms. The molecule has 0 aliphatic heterocycles. The molecule has 2 rings (SSSR count). The molecule has 2 aromatic rings. The number of nitrogens with zero attached hydrogens (tertiary/aromatic N) is 3. The highest BCUT2D eigenvalue weighted by atomic mass is 79.9. The zero-order chi connectivity index (χ0) is 12.6. The summed E-state index contributed by atoms with van der Waals surface area (Å²) in [6.07, 6.45) is 1.80. The van der Waals surface area contributed by atoms with E-state index in [-0.39, 0.29) is 6.04 Å². The van der Waals surface area contributed by atoms with Crippen LogP contribution in [0, 0.1) is 13.8 Å². The fraction of sp³-hybridized carbons (Fsp3) is 0.333. The third-order valence-corrected chi connectivity index (χ3v) is 3.86. The predicted molar refractivity (Wildman–Crippen MR) is 71.1 cm³/mol. The molecule has 0 radical (unpaired) electrons. The molecule has 2 aromatic heterocycles. The molecule has 0 amide bonds. The van der Waals surface area contributed by atoms with Gasteiger partial charge in [-0.05, 0) is 48.3 Å². The van der Waals surface area contributed by atoms with Crippen molar-refractivity contribution in [1.82, 2.24) is 14.8 Å². The van der Waals surface area contributed by atoms with Gasteiger partial charge >= 0.3 is 0 Å². The molecule has 17 heavy (non-hydrogen) atoms. The number of nitrogens with two attached hydrogens (primary N) is 1. The maximum absolute atomic E-state index is 5.79. The second kappa shape index (κ2) is 4.58. The first-order valence-corrected chi connectivity index (χ1v) is 6.23. The van der Waals surface area contributed by atoms with Gasteiger partial charge in [0.2, 0.25) is 0 Å². The van der Waals surface area contributed by atoms with Crippen molar-refractivity contribution < 1.29 is 0 Å². The third kappa shape index (κ3) is 2.25. The average molecular weight is 295 g/mol. The highest BCUT2D eigenvalue weighted by Gasteiger charge is 2.11. The minimum atomic E-state index is 0.00346. The maximum Gasteiger partial charge on any atom is 0.153 e. The average Bonchev–Trinajstić information content (AvgIpc) is 2.57. The number of aromatic nitrogens is 3. The summed E-state index contributed by atoms with van der Waals surface area (Å²) in [5.74, 6) is 0.806. The van der Waals surface area contributed by atoms with Crippen LogP contribution in [0.3, 0.4) is 0 Å². The normalized spacial score (nSPS) is 12.8. The highest BCUT2D eigenvalue weighted by Crippen LogP contribution is 2.22. The maximum atomic E-state index is 5.79. The van der Waals surface area contributed by atoms with Crippen LogP contribution >= 0.6 is 15.9 Å². The van der Waals surface area contributed by atoms with E-state index in [9.17, 15) is 0 Å². The molecular weight excluding hydrogens is 280 g/mol. The van der Waals surface area contributed by atoms with Crippen molar-refractivity contribution in [1.29, 1.82) is 0 Å². The molecule has 4 nitrogen and oxygen atoms in total. The Morgan fingerprint density at radius 2 is 2.06 bits per heavy atom. The molecule has 90 valence electrons. The SMILES string of the molecule is Cc1nn(-c2ccc([C@H](C)N)cn2)c(C)c1Br. The minimum absolute atomic E-state index is 0.00346. The Balaban J connectivity index is 2.43. The van der Waals surface area contributed by atoms with Crippen molar-refractivity contribution in [3.63, 3.8) is 0 Å². The van der Waals surface area contributed by atoms with Crippen LogP contribution < -0.4 is 5.73 Å².